The fourth-order valence-electron chi connectivity index (χ4n) is 4.61. The minimum atomic E-state index is -3.55. The molecule has 2 N–H and O–H groups in total. The van der Waals surface area contributed by atoms with Gasteiger partial charge < -0.3 is 19.7 Å². The molecule has 1 aliphatic heterocycles. The number of methoxy groups -OCH3 is 1. The molecule has 0 radical (unpaired) electrons. The van der Waals surface area contributed by atoms with Crippen LogP contribution in [-0.4, -0.2) is 63.1 Å². The summed E-state index contributed by atoms with van der Waals surface area (Å²) in [5, 5.41) is 5.49. The predicted octanol–water partition coefficient (Wildman–Crippen LogP) is 4.70. The number of hydrogen-bond acceptors (Lipinski definition) is 7. The number of halogens is 1. The molecular formula is C28H35ClN4O5S. The van der Waals surface area contributed by atoms with Crippen molar-refractivity contribution < 1.29 is 22.7 Å². The Bertz CT molecular complexity index is 1440. The van der Waals surface area contributed by atoms with E-state index in [-0.39, 0.29) is 16.9 Å². The highest BCUT2D eigenvalue weighted by atomic mass is 35.5. The molecule has 1 amide bonds. The maximum atomic E-state index is 13.7. The van der Waals surface area contributed by atoms with E-state index in [1.54, 1.807) is 49.4 Å². The molecule has 0 spiro atoms. The first kappa shape index (κ1) is 28.9. The smallest absolute Gasteiger partial charge is 0.245 e. The van der Waals surface area contributed by atoms with Crippen molar-refractivity contribution in [2.75, 3.05) is 32.1 Å². The number of nitrogens with zero attached hydrogens (tertiary/aromatic N) is 2. The van der Waals surface area contributed by atoms with Gasteiger partial charge >= 0.3 is 0 Å². The number of benzene rings is 2. The van der Waals surface area contributed by atoms with E-state index >= 15 is 0 Å². The number of fused-ring (bicyclic) bond motifs is 1. The Morgan fingerprint density at radius 2 is 1.90 bits per heavy atom. The number of carbonyl (C=O) groups is 1. The van der Waals surface area contributed by atoms with Gasteiger partial charge in [0.1, 0.15) is 17.9 Å². The molecule has 2 heterocycles. The summed E-state index contributed by atoms with van der Waals surface area (Å²) in [6, 6.07) is 11.3. The largest absolute Gasteiger partial charge is 0.494 e. The fourth-order valence-corrected chi connectivity index (χ4v) is 5.82. The Balaban J connectivity index is 1.48. The standard InChI is InChI=1S/C28H35ClN4O5S/c1-6-31-39(35,36)21-10-8-19(9-11-21)32-25(28(2,3)4)27(34)33-14-13-20(17-33)38-26-23-15-18(29)7-12-22(23)24(37-5)16-30-26/h7-12,15-16,20,25,31-32H,6,13-14,17H2,1-5H3/t20-,25?/m1/s1. The average molecular weight is 575 g/mol. The summed E-state index contributed by atoms with van der Waals surface area (Å²) in [7, 11) is -1.96. The molecule has 0 aliphatic carbocycles. The van der Waals surface area contributed by atoms with E-state index in [9.17, 15) is 13.2 Å². The van der Waals surface area contributed by atoms with Crippen molar-refractivity contribution in [2.24, 2.45) is 5.41 Å². The number of carbonyl (C=O) groups excluding carboxylic acids is 1. The Hall–Kier alpha value is -3.08. The molecule has 0 bridgehead atoms. The quantitative estimate of drug-likeness (QED) is 0.381. The van der Waals surface area contributed by atoms with Crippen LogP contribution in [0.25, 0.3) is 10.8 Å². The molecule has 1 aromatic heterocycles. The number of hydrogen-bond donors (Lipinski definition) is 2. The molecule has 3 aromatic rings. The lowest BCUT2D eigenvalue weighted by atomic mass is 9.85. The van der Waals surface area contributed by atoms with Crippen molar-refractivity contribution in [1.29, 1.82) is 0 Å². The number of ether oxygens (including phenoxy) is 2. The van der Waals surface area contributed by atoms with Gasteiger partial charge in [-0.2, -0.15) is 0 Å². The maximum Gasteiger partial charge on any atom is 0.245 e. The van der Waals surface area contributed by atoms with Gasteiger partial charge in [-0.25, -0.2) is 18.1 Å². The van der Waals surface area contributed by atoms with Gasteiger partial charge in [-0.15, -0.1) is 0 Å². The molecule has 39 heavy (non-hydrogen) atoms. The molecule has 1 fully saturated rings. The van der Waals surface area contributed by atoms with Gasteiger partial charge in [-0.1, -0.05) is 39.3 Å². The lowest BCUT2D eigenvalue weighted by molar-refractivity contribution is -0.133. The highest BCUT2D eigenvalue weighted by Crippen LogP contribution is 2.34. The van der Waals surface area contributed by atoms with Crippen molar-refractivity contribution >= 4 is 44.0 Å². The molecule has 1 saturated heterocycles. The van der Waals surface area contributed by atoms with Crippen LogP contribution < -0.4 is 19.5 Å². The number of anilines is 1. The zero-order valence-electron chi connectivity index (χ0n) is 22.8. The Morgan fingerprint density at radius 3 is 2.54 bits per heavy atom. The first-order chi connectivity index (χ1) is 18.4. The summed E-state index contributed by atoms with van der Waals surface area (Å²) >= 11 is 6.24. The van der Waals surface area contributed by atoms with Gasteiger partial charge in [0.15, 0.2) is 0 Å². The molecule has 2 atom stereocenters. The molecular weight excluding hydrogens is 540 g/mol. The molecule has 9 nitrogen and oxygen atoms in total. The second kappa shape index (κ2) is 11.6. The van der Waals surface area contributed by atoms with Crippen molar-refractivity contribution in [3.8, 4) is 11.6 Å². The van der Waals surface area contributed by atoms with Crippen LogP contribution in [0.1, 0.15) is 34.1 Å². The number of sulfonamides is 1. The normalized spacial score (nSPS) is 16.8. The van der Waals surface area contributed by atoms with Gasteiger partial charge in [-0.3, -0.25) is 4.79 Å². The van der Waals surface area contributed by atoms with Crippen molar-refractivity contribution in [2.45, 2.75) is 51.2 Å². The number of nitrogens with one attached hydrogen (secondary N) is 2. The van der Waals surface area contributed by atoms with E-state index in [1.807, 2.05) is 26.8 Å². The lowest BCUT2D eigenvalue weighted by Gasteiger charge is -2.34. The second-order valence-corrected chi connectivity index (χ2v) is 12.8. The number of rotatable bonds is 9. The minimum absolute atomic E-state index is 0.0476. The van der Waals surface area contributed by atoms with Gasteiger partial charge in [-0.05, 0) is 47.9 Å². The zero-order chi connectivity index (χ0) is 28.4. The van der Waals surface area contributed by atoms with E-state index < -0.39 is 21.5 Å². The van der Waals surface area contributed by atoms with Crippen molar-refractivity contribution in [3.63, 3.8) is 0 Å². The van der Waals surface area contributed by atoms with Crippen molar-refractivity contribution in [1.82, 2.24) is 14.6 Å². The Labute approximate surface area is 234 Å². The van der Waals surface area contributed by atoms with Crippen LogP contribution in [0.4, 0.5) is 5.69 Å². The predicted molar refractivity (Wildman–Crippen MR) is 153 cm³/mol. The van der Waals surface area contributed by atoms with Crippen LogP contribution in [0.15, 0.2) is 53.6 Å². The number of likely N-dealkylation sites (tertiary alicyclic amines) is 1. The van der Waals surface area contributed by atoms with Crippen molar-refractivity contribution in [3.05, 3.63) is 53.7 Å². The van der Waals surface area contributed by atoms with Crippen LogP contribution in [0.3, 0.4) is 0 Å². The van der Waals surface area contributed by atoms with E-state index in [2.05, 4.69) is 15.0 Å². The molecule has 1 unspecified atom stereocenters. The molecule has 0 saturated carbocycles. The van der Waals surface area contributed by atoms with Gasteiger partial charge in [0, 0.05) is 41.0 Å². The third-order valence-electron chi connectivity index (χ3n) is 6.65. The van der Waals surface area contributed by atoms with Crippen LogP contribution in [0.5, 0.6) is 11.6 Å². The van der Waals surface area contributed by atoms with Crippen LogP contribution in [-0.2, 0) is 14.8 Å². The van der Waals surface area contributed by atoms with E-state index in [1.165, 1.54) is 12.1 Å². The Morgan fingerprint density at radius 1 is 1.18 bits per heavy atom. The van der Waals surface area contributed by atoms with Gasteiger partial charge in [0.05, 0.1) is 24.7 Å². The first-order valence-electron chi connectivity index (χ1n) is 12.9. The highest BCUT2D eigenvalue weighted by Gasteiger charge is 2.38. The zero-order valence-corrected chi connectivity index (χ0v) is 24.4. The lowest BCUT2D eigenvalue weighted by Crippen LogP contribution is -2.49. The molecule has 210 valence electrons. The number of amides is 1. The Kier molecular flexibility index (Phi) is 8.58. The molecule has 2 aromatic carbocycles. The van der Waals surface area contributed by atoms with Crippen LogP contribution in [0.2, 0.25) is 5.02 Å². The monoisotopic (exact) mass is 574 g/mol. The molecule has 11 heteroatoms. The molecule has 1 aliphatic rings. The maximum absolute atomic E-state index is 13.7. The third-order valence-corrected chi connectivity index (χ3v) is 8.45. The third kappa shape index (κ3) is 6.57. The van der Waals surface area contributed by atoms with E-state index in [0.29, 0.717) is 48.4 Å². The summed E-state index contributed by atoms with van der Waals surface area (Å²) in [5.41, 5.74) is 0.256. The van der Waals surface area contributed by atoms with Gasteiger partial charge in [0.2, 0.25) is 21.8 Å². The summed E-state index contributed by atoms with van der Waals surface area (Å²) in [6.45, 7) is 8.98. The fraction of sp³-hybridized carbons (Fsp3) is 0.429. The highest BCUT2D eigenvalue weighted by molar-refractivity contribution is 7.89. The van der Waals surface area contributed by atoms with E-state index in [4.69, 9.17) is 21.1 Å². The second-order valence-electron chi connectivity index (χ2n) is 10.6. The van der Waals surface area contributed by atoms with Crippen LogP contribution >= 0.6 is 11.6 Å². The summed E-state index contributed by atoms with van der Waals surface area (Å²) in [4.78, 5) is 20.1. The first-order valence-corrected chi connectivity index (χ1v) is 14.7. The number of aromatic nitrogens is 1. The summed E-state index contributed by atoms with van der Waals surface area (Å²) < 4.78 is 38.7. The number of pyridine rings is 1. The van der Waals surface area contributed by atoms with E-state index in [0.717, 1.165) is 10.8 Å². The van der Waals surface area contributed by atoms with Crippen LogP contribution in [0, 0.1) is 5.41 Å². The topological polar surface area (TPSA) is 110 Å². The van der Waals surface area contributed by atoms with Gasteiger partial charge in [0.25, 0.3) is 0 Å². The minimum Gasteiger partial charge on any atom is -0.494 e. The summed E-state index contributed by atoms with van der Waals surface area (Å²) in [5.74, 6) is 1.03. The molecule has 4 rings (SSSR count). The SMILES string of the molecule is CCNS(=O)(=O)c1ccc(NC(C(=O)N2CC[C@@H](Oc3ncc(OC)c4ccc(Cl)cc34)C2)C(C)(C)C)cc1. The summed E-state index contributed by atoms with van der Waals surface area (Å²) in [6.07, 6.45) is 2.06. The average Bonchev–Trinajstić information content (AvgIpc) is 3.35.